The van der Waals surface area contributed by atoms with Gasteiger partial charge in [-0.25, -0.2) is 9.67 Å². The highest BCUT2D eigenvalue weighted by molar-refractivity contribution is 9.10. The predicted octanol–water partition coefficient (Wildman–Crippen LogP) is 2.78. The lowest BCUT2D eigenvalue weighted by molar-refractivity contribution is 0.0996. The Hall–Kier alpha value is -2.67. The minimum atomic E-state index is -0.548. The first-order valence-corrected chi connectivity index (χ1v) is 8.21. The maximum Gasteiger partial charge on any atom is 0.269 e. The first kappa shape index (κ1) is 16.2. The molecule has 0 fully saturated rings. The molecular weight excluding hydrogens is 370 g/mol. The van der Waals surface area contributed by atoms with Crippen molar-refractivity contribution in [3.63, 3.8) is 0 Å². The van der Waals surface area contributed by atoms with Crippen molar-refractivity contribution in [1.82, 2.24) is 14.8 Å². The second-order valence-corrected chi connectivity index (χ2v) is 6.12. The van der Waals surface area contributed by atoms with E-state index >= 15 is 0 Å². The van der Waals surface area contributed by atoms with Crippen molar-refractivity contribution in [3.05, 3.63) is 70.7 Å². The van der Waals surface area contributed by atoms with Gasteiger partial charge in [-0.2, -0.15) is 5.10 Å². The van der Waals surface area contributed by atoms with E-state index in [9.17, 15) is 4.79 Å². The van der Waals surface area contributed by atoms with E-state index in [0.29, 0.717) is 12.2 Å². The second-order valence-electron chi connectivity index (χ2n) is 5.21. The number of primary amides is 1. The standard InChI is InChI=1S/C17H16BrN5O/c18-13-10-15(16(17(19)24)21-11-13)20-8-6-12-2-4-14(5-3-12)23-9-1-7-22-23/h1-5,7,9-11,20H,6,8H2,(H2,19,24). The Morgan fingerprint density at radius 3 is 2.75 bits per heavy atom. The van der Waals surface area contributed by atoms with Gasteiger partial charge in [0.05, 0.1) is 11.4 Å². The van der Waals surface area contributed by atoms with E-state index in [1.807, 2.05) is 29.1 Å². The maximum atomic E-state index is 11.4. The number of anilines is 1. The Kier molecular flexibility index (Phi) is 4.90. The van der Waals surface area contributed by atoms with Gasteiger partial charge in [-0.05, 0) is 52.2 Å². The molecule has 122 valence electrons. The van der Waals surface area contributed by atoms with Gasteiger partial charge in [0.15, 0.2) is 5.69 Å². The summed E-state index contributed by atoms with van der Waals surface area (Å²) < 4.78 is 2.60. The van der Waals surface area contributed by atoms with Gasteiger partial charge in [0, 0.05) is 29.6 Å². The van der Waals surface area contributed by atoms with Crippen LogP contribution in [0.25, 0.3) is 5.69 Å². The van der Waals surface area contributed by atoms with Crippen LogP contribution < -0.4 is 11.1 Å². The molecule has 0 saturated carbocycles. The summed E-state index contributed by atoms with van der Waals surface area (Å²) >= 11 is 3.35. The SMILES string of the molecule is NC(=O)c1ncc(Br)cc1NCCc1ccc(-n2cccn2)cc1. The molecule has 0 aliphatic rings. The molecule has 1 aromatic carbocycles. The maximum absolute atomic E-state index is 11.4. The average molecular weight is 386 g/mol. The number of carbonyl (C=O) groups is 1. The van der Waals surface area contributed by atoms with Crippen molar-refractivity contribution in [2.45, 2.75) is 6.42 Å². The van der Waals surface area contributed by atoms with Crippen LogP contribution >= 0.6 is 15.9 Å². The quantitative estimate of drug-likeness (QED) is 0.682. The molecule has 2 aromatic heterocycles. The number of amides is 1. The number of pyridine rings is 1. The number of rotatable bonds is 6. The van der Waals surface area contributed by atoms with Gasteiger partial charge < -0.3 is 11.1 Å². The van der Waals surface area contributed by atoms with Crippen LogP contribution in [0.3, 0.4) is 0 Å². The first-order chi connectivity index (χ1) is 11.6. The van der Waals surface area contributed by atoms with Crippen molar-refractivity contribution < 1.29 is 4.79 Å². The highest BCUT2D eigenvalue weighted by atomic mass is 79.9. The minimum Gasteiger partial charge on any atom is -0.383 e. The third-order valence-electron chi connectivity index (χ3n) is 3.52. The number of hydrogen-bond donors (Lipinski definition) is 2. The number of nitrogens with one attached hydrogen (secondary N) is 1. The number of nitrogens with two attached hydrogens (primary N) is 1. The molecule has 6 nitrogen and oxygen atoms in total. The summed E-state index contributed by atoms with van der Waals surface area (Å²) in [5.74, 6) is -0.548. The molecule has 3 rings (SSSR count). The van der Waals surface area contributed by atoms with Gasteiger partial charge in [-0.3, -0.25) is 4.79 Å². The first-order valence-electron chi connectivity index (χ1n) is 7.41. The third kappa shape index (κ3) is 3.80. The number of halogens is 1. The van der Waals surface area contributed by atoms with Crippen LogP contribution in [0.15, 0.2) is 59.5 Å². The highest BCUT2D eigenvalue weighted by Crippen LogP contribution is 2.19. The van der Waals surface area contributed by atoms with Crippen LogP contribution in [0.5, 0.6) is 0 Å². The summed E-state index contributed by atoms with van der Waals surface area (Å²) in [5, 5.41) is 7.42. The average Bonchev–Trinajstić information content (AvgIpc) is 3.10. The molecule has 0 bridgehead atoms. The molecule has 3 aromatic rings. The molecule has 0 unspecified atom stereocenters. The molecular formula is C17H16BrN5O. The van der Waals surface area contributed by atoms with Crippen molar-refractivity contribution >= 4 is 27.5 Å². The zero-order valence-corrected chi connectivity index (χ0v) is 14.4. The summed E-state index contributed by atoms with van der Waals surface area (Å²) in [4.78, 5) is 15.5. The van der Waals surface area contributed by atoms with Crippen LogP contribution in [0.1, 0.15) is 16.1 Å². The Morgan fingerprint density at radius 2 is 2.08 bits per heavy atom. The van der Waals surface area contributed by atoms with E-state index in [1.54, 1.807) is 18.5 Å². The summed E-state index contributed by atoms with van der Waals surface area (Å²) in [6.45, 7) is 0.666. The van der Waals surface area contributed by atoms with Gasteiger partial charge in [-0.15, -0.1) is 0 Å². The highest BCUT2D eigenvalue weighted by Gasteiger charge is 2.10. The fourth-order valence-corrected chi connectivity index (χ4v) is 2.68. The lowest BCUT2D eigenvalue weighted by Crippen LogP contribution is -2.17. The Morgan fingerprint density at radius 1 is 1.29 bits per heavy atom. The lowest BCUT2D eigenvalue weighted by Gasteiger charge is -2.10. The zero-order valence-electron chi connectivity index (χ0n) is 12.8. The molecule has 0 spiro atoms. The van der Waals surface area contributed by atoms with Crippen molar-refractivity contribution in [2.24, 2.45) is 5.73 Å². The van der Waals surface area contributed by atoms with Crippen LogP contribution in [0.4, 0.5) is 5.69 Å². The molecule has 24 heavy (non-hydrogen) atoms. The van der Waals surface area contributed by atoms with E-state index in [2.05, 4.69) is 43.5 Å². The lowest BCUT2D eigenvalue weighted by atomic mass is 10.1. The number of benzene rings is 1. The molecule has 0 aliphatic heterocycles. The topological polar surface area (TPSA) is 85.8 Å². The van der Waals surface area contributed by atoms with Gasteiger partial charge >= 0.3 is 0 Å². The van der Waals surface area contributed by atoms with Crippen molar-refractivity contribution in [1.29, 1.82) is 0 Å². The number of nitrogens with zero attached hydrogens (tertiary/aromatic N) is 3. The molecule has 0 atom stereocenters. The van der Waals surface area contributed by atoms with Crippen LogP contribution in [0.2, 0.25) is 0 Å². The largest absolute Gasteiger partial charge is 0.383 e. The Labute approximate surface area is 147 Å². The molecule has 0 radical (unpaired) electrons. The van der Waals surface area contributed by atoms with Crippen LogP contribution in [-0.4, -0.2) is 27.2 Å². The van der Waals surface area contributed by atoms with Gasteiger partial charge in [-0.1, -0.05) is 12.1 Å². The van der Waals surface area contributed by atoms with Crippen LogP contribution in [-0.2, 0) is 6.42 Å². The van der Waals surface area contributed by atoms with Crippen molar-refractivity contribution in [2.75, 3.05) is 11.9 Å². The summed E-state index contributed by atoms with van der Waals surface area (Å²) in [7, 11) is 0. The zero-order chi connectivity index (χ0) is 16.9. The van der Waals surface area contributed by atoms with Gasteiger partial charge in [0.1, 0.15) is 0 Å². The summed E-state index contributed by atoms with van der Waals surface area (Å²) in [6, 6.07) is 11.9. The van der Waals surface area contributed by atoms with Crippen LogP contribution in [0, 0.1) is 0 Å². The van der Waals surface area contributed by atoms with E-state index in [1.165, 1.54) is 5.56 Å². The molecule has 0 aliphatic carbocycles. The minimum absolute atomic E-state index is 0.243. The predicted molar refractivity (Wildman–Crippen MR) is 96.2 cm³/mol. The number of aromatic nitrogens is 3. The summed E-state index contributed by atoms with van der Waals surface area (Å²) in [5.41, 5.74) is 8.42. The van der Waals surface area contributed by atoms with E-state index in [-0.39, 0.29) is 5.69 Å². The smallest absolute Gasteiger partial charge is 0.269 e. The Bertz CT molecular complexity index is 831. The van der Waals surface area contributed by atoms with E-state index in [0.717, 1.165) is 16.6 Å². The van der Waals surface area contributed by atoms with Gasteiger partial charge in [0.25, 0.3) is 5.91 Å². The van der Waals surface area contributed by atoms with Crippen molar-refractivity contribution in [3.8, 4) is 5.69 Å². The normalized spacial score (nSPS) is 10.5. The molecule has 3 N–H and O–H groups in total. The van der Waals surface area contributed by atoms with E-state index in [4.69, 9.17) is 5.73 Å². The summed E-state index contributed by atoms with van der Waals surface area (Å²) in [6.07, 6.45) is 6.02. The molecule has 2 heterocycles. The molecule has 1 amide bonds. The Balaban J connectivity index is 1.63. The fraction of sp³-hybridized carbons (Fsp3) is 0.118. The fourth-order valence-electron chi connectivity index (χ4n) is 2.35. The van der Waals surface area contributed by atoms with E-state index < -0.39 is 5.91 Å². The monoisotopic (exact) mass is 385 g/mol. The molecule has 7 heteroatoms. The number of hydrogen-bond acceptors (Lipinski definition) is 4. The second kappa shape index (κ2) is 7.27. The molecule has 0 saturated heterocycles. The number of carbonyl (C=O) groups excluding carboxylic acids is 1. The third-order valence-corrected chi connectivity index (χ3v) is 3.96. The van der Waals surface area contributed by atoms with Gasteiger partial charge in [0.2, 0.25) is 0 Å².